The number of aryl methyl sites for hydroxylation is 1. The van der Waals surface area contributed by atoms with Crippen molar-refractivity contribution in [2.45, 2.75) is 39.8 Å². The molecule has 0 aliphatic rings. The van der Waals surface area contributed by atoms with Gasteiger partial charge in [-0.05, 0) is 39.3 Å². The largest absolute Gasteiger partial charge is 0.486 e. The minimum atomic E-state index is -0.375. The molecule has 0 aliphatic heterocycles. The number of rotatable bonds is 11. The van der Waals surface area contributed by atoms with Gasteiger partial charge in [-0.1, -0.05) is 12.1 Å². The van der Waals surface area contributed by atoms with E-state index in [1.807, 2.05) is 32.4 Å². The van der Waals surface area contributed by atoms with Crippen LogP contribution in [0.5, 0.6) is 5.75 Å². The van der Waals surface area contributed by atoms with Crippen LogP contribution in [-0.4, -0.2) is 53.1 Å². The Labute approximate surface area is 171 Å². The van der Waals surface area contributed by atoms with Crippen molar-refractivity contribution in [3.63, 3.8) is 0 Å². The van der Waals surface area contributed by atoms with Gasteiger partial charge in [-0.15, -0.1) is 10.2 Å². The smallest absolute Gasteiger partial charge is 0.191 e. The number of hydrogen-bond donors (Lipinski definition) is 2. The Morgan fingerprint density at radius 1 is 1.28 bits per heavy atom. The molecule has 2 N–H and O–H groups in total. The summed E-state index contributed by atoms with van der Waals surface area (Å²) in [6, 6.07) is 6.37. The quantitative estimate of drug-likeness (QED) is 0.338. The Bertz CT molecular complexity index is 780. The molecule has 9 heteroatoms. The molecule has 0 saturated carbocycles. The Kier molecular flexibility index (Phi) is 9.36. The molecular formula is C20H31FN6O2. The van der Waals surface area contributed by atoms with Crippen LogP contribution >= 0.6 is 0 Å². The number of halogens is 1. The number of guanidine groups is 1. The zero-order valence-corrected chi connectivity index (χ0v) is 17.6. The summed E-state index contributed by atoms with van der Waals surface area (Å²) >= 11 is 0. The third kappa shape index (κ3) is 7.69. The monoisotopic (exact) mass is 406 g/mol. The van der Waals surface area contributed by atoms with Crippen molar-refractivity contribution in [3.05, 3.63) is 41.7 Å². The van der Waals surface area contributed by atoms with Crippen LogP contribution in [0.25, 0.3) is 0 Å². The molecule has 0 spiro atoms. The summed E-state index contributed by atoms with van der Waals surface area (Å²) in [5.41, 5.74) is 0. The fraction of sp³-hybridized carbons (Fsp3) is 0.550. The van der Waals surface area contributed by atoms with Gasteiger partial charge in [-0.25, -0.2) is 9.38 Å². The maximum Gasteiger partial charge on any atom is 0.191 e. The molecule has 8 nitrogen and oxygen atoms in total. The van der Waals surface area contributed by atoms with Crippen molar-refractivity contribution in [2.24, 2.45) is 12.0 Å². The van der Waals surface area contributed by atoms with Gasteiger partial charge in [0, 0.05) is 26.8 Å². The summed E-state index contributed by atoms with van der Waals surface area (Å²) in [5.74, 6) is 2.10. The SMILES string of the molecule is CCOCCCNC(=NCc1nnc(C)n1C)NCC(C)Oc1ccccc1F. The fourth-order valence-corrected chi connectivity index (χ4v) is 2.48. The predicted octanol–water partition coefficient (Wildman–Crippen LogP) is 2.19. The second-order valence-corrected chi connectivity index (χ2v) is 6.60. The minimum Gasteiger partial charge on any atom is -0.486 e. The second-order valence-electron chi connectivity index (χ2n) is 6.60. The van der Waals surface area contributed by atoms with E-state index < -0.39 is 0 Å². The molecule has 0 bridgehead atoms. The van der Waals surface area contributed by atoms with Crippen molar-refractivity contribution in [2.75, 3.05) is 26.3 Å². The fourth-order valence-electron chi connectivity index (χ4n) is 2.48. The lowest BCUT2D eigenvalue weighted by molar-refractivity contribution is 0.145. The maximum absolute atomic E-state index is 13.8. The van der Waals surface area contributed by atoms with E-state index in [1.165, 1.54) is 6.07 Å². The van der Waals surface area contributed by atoms with Gasteiger partial charge in [0.05, 0.1) is 6.54 Å². The van der Waals surface area contributed by atoms with Crippen molar-refractivity contribution in [1.82, 2.24) is 25.4 Å². The van der Waals surface area contributed by atoms with Crippen LogP contribution in [0.1, 0.15) is 31.9 Å². The lowest BCUT2D eigenvalue weighted by Gasteiger charge is -2.18. The molecule has 0 radical (unpaired) electrons. The van der Waals surface area contributed by atoms with Crippen molar-refractivity contribution >= 4 is 5.96 Å². The Balaban J connectivity index is 1.91. The Morgan fingerprint density at radius 3 is 2.76 bits per heavy atom. The average Bonchev–Trinajstić information content (AvgIpc) is 3.03. The van der Waals surface area contributed by atoms with E-state index in [1.54, 1.807) is 18.2 Å². The molecular weight excluding hydrogens is 375 g/mol. The van der Waals surface area contributed by atoms with Gasteiger partial charge in [0.2, 0.25) is 0 Å². The van der Waals surface area contributed by atoms with Gasteiger partial charge < -0.3 is 24.7 Å². The summed E-state index contributed by atoms with van der Waals surface area (Å²) in [7, 11) is 1.91. The van der Waals surface area contributed by atoms with Crippen LogP contribution in [0.15, 0.2) is 29.3 Å². The topological polar surface area (TPSA) is 85.6 Å². The molecule has 1 unspecified atom stereocenters. The van der Waals surface area contributed by atoms with Gasteiger partial charge >= 0.3 is 0 Å². The highest BCUT2D eigenvalue weighted by molar-refractivity contribution is 5.79. The third-order valence-corrected chi connectivity index (χ3v) is 4.25. The summed E-state index contributed by atoms with van der Waals surface area (Å²) in [4.78, 5) is 4.58. The number of para-hydroxylation sites is 1. The zero-order valence-electron chi connectivity index (χ0n) is 17.6. The first-order chi connectivity index (χ1) is 14.0. The molecule has 2 rings (SSSR count). The number of nitrogens with one attached hydrogen (secondary N) is 2. The summed E-state index contributed by atoms with van der Waals surface area (Å²) < 4.78 is 26.7. The molecule has 0 saturated heterocycles. The molecule has 0 amide bonds. The lowest BCUT2D eigenvalue weighted by atomic mass is 10.3. The number of ether oxygens (including phenoxy) is 2. The van der Waals surface area contributed by atoms with Crippen LogP contribution in [0.4, 0.5) is 4.39 Å². The van der Waals surface area contributed by atoms with E-state index >= 15 is 0 Å². The van der Waals surface area contributed by atoms with Gasteiger partial charge in [-0.2, -0.15) is 0 Å². The van der Waals surface area contributed by atoms with Crippen LogP contribution in [0.2, 0.25) is 0 Å². The first-order valence-electron chi connectivity index (χ1n) is 9.87. The molecule has 160 valence electrons. The maximum atomic E-state index is 13.8. The Hall–Kier alpha value is -2.68. The van der Waals surface area contributed by atoms with Gasteiger partial charge in [0.25, 0.3) is 0 Å². The molecule has 2 aromatic rings. The predicted molar refractivity (Wildman–Crippen MR) is 110 cm³/mol. The highest BCUT2D eigenvalue weighted by Crippen LogP contribution is 2.16. The number of hydrogen-bond acceptors (Lipinski definition) is 5. The first kappa shape index (κ1) is 22.6. The van der Waals surface area contributed by atoms with E-state index in [-0.39, 0.29) is 17.7 Å². The van der Waals surface area contributed by atoms with Crippen LogP contribution in [-0.2, 0) is 18.3 Å². The summed E-state index contributed by atoms with van der Waals surface area (Å²) in [6.45, 7) is 8.70. The second kappa shape index (κ2) is 12.0. The molecule has 0 fully saturated rings. The normalized spacial score (nSPS) is 12.7. The van der Waals surface area contributed by atoms with E-state index in [0.717, 1.165) is 18.1 Å². The molecule has 1 atom stereocenters. The van der Waals surface area contributed by atoms with Crippen LogP contribution < -0.4 is 15.4 Å². The van der Waals surface area contributed by atoms with Gasteiger partial charge in [0.1, 0.15) is 18.5 Å². The number of nitrogens with zero attached hydrogens (tertiary/aromatic N) is 4. The molecule has 29 heavy (non-hydrogen) atoms. The first-order valence-corrected chi connectivity index (χ1v) is 9.87. The average molecular weight is 407 g/mol. The lowest BCUT2D eigenvalue weighted by Crippen LogP contribution is -2.42. The zero-order chi connectivity index (χ0) is 21.1. The van der Waals surface area contributed by atoms with Crippen LogP contribution in [0, 0.1) is 12.7 Å². The highest BCUT2D eigenvalue weighted by Gasteiger charge is 2.10. The van der Waals surface area contributed by atoms with Crippen molar-refractivity contribution in [1.29, 1.82) is 0 Å². The van der Waals surface area contributed by atoms with Crippen molar-refractivity contribution < 1.29 is 13.9 Å². The van der Waals surface area contributed by atoms with Gasteiger partial charge in [-0.3, -0.25) is 0 Å². The summed E-state index contributed by atoms with van der Waals surface area (Å²) in [6.07, 6.45) is 0.609. The standard InChI is InChI=1S/C20H31FN6O2/c1-5-28-12-8-11-22-20(24-14-19-26-25-16(3)27(19)4)23-13-15(2)29-18-10-7-6-9-17(18)21/h6-7,9-10,15H,5,8,11-14H2,1-4H3,(H2,22,23,24). The van der Waals surface area contributed by atoms with E-state index in [0.29, 0.717) is 38.8 Å². The number of aliphatic imine (C=N–C) groups is 1. The molecule has 1 heterocycles. The molecule has 1 aromatic heterocycles. The Morgan fingerprint density at radius 2 is 2.07 bits per heavy atom. The van der Waals surface area contributed by atoms with Gasteiger partial charge in [0.15, 0.2) is 23.4 Å². The minimum absolute atomic E-state index is 0.236. The number of aromatic nitrogens is 3. The van der Waals surface area contributed by atoms with Crippen molar-refractivity contribution in [3.8, 4) is 5.75 Å². The highest BCUT2D eigenvalue weighted by atomic mass is 19.1. The third-order valence-electron chi connectivity index (χ3n) is 4.25. The van der Waals surface area contributed by atoms with Crippen LogP contribution in [0.3, 0.4) is 0 Å². The molecule has 1 aromatic carbocycles. The van der Waals surface area contributed by atoms with E-state index in [4.69, 9.17) is 9.47 Å². The summed E-state index contributed by atoms with van der Waals surface area (Å²) in [5, 5.41) is 14.7. The van der Waals surface area contributed by atoms with E-state index in [2.05, 4.69) is 25.8 Å². The van der Waals surface area contributed by atoms with E-state index in [9.17, 15) is 4.39 Å². The number of benzene rings is 1. The molecule has 0 aliphatic carbocycles.